The fourth-order valence-electron chi connectivity index (χ4n) is 0.933. The highest BCUT2D eigenvalue weighted by molar-refractivity contribution is 7.11. The average molecular weight is 182 g/mol. The van der Waals surface area contributed by atoms with Gasteiger partial charge in [0.05, 0.1) is 0 Å². The topological polar surface area (TPSA) is 37.3 Å². The lowest BCUT2D eigenvalue weighted by atomic mass is 10.2. The number of rotatable bonds is 3. The lowest BCUT2D eigenvalue weighted by Crippen LogP contribution is -1.85. The van der Waals surface area contributed by atoms with E-state index in [1.165, 1.54) is 11.6 Å². The Hall–Kier alpha value is -1.09. The summed E-state index contributed by atoms with van der Waals surface area (Å²) < 4.78 is 0. The van der Waals surface area contributed by atoms with Crippen molar-refractivity contribution in [2.24, 2.45) is 0 Å². The van der Waals surface area contributed by atoms with Crippen LogP contribution < -0.4 is 0 Å². The Morgan fingerprint density at radius 2 is 2.50 bits per heavy atom. The van der Waals surface area contributed by atoms with Crippen molar-refractivity contribution in [2.45, 2.75) is 13.3 Å². The number of aryl methyl sites for hydroxylation is 1. The molecule has 1 aromatic rings. The molecule has 0 unspecified atom stereocenters. The number of hydrogen-bond donors (Lipinski definition) is 1. The van der Waals surface area contributed by atoms with E-state index in [2.05, 4.69) is 6.92 Å². The maximum absolute atomic E-state index is 10.2. The Morgan fingerprint density at radius 1 is 1.75 bits per heavy atom. The van der Waals surface area contributed by atoms with Crippen molar-refractivity contribution in [1.82, 2.24) is 0 Å². The van der Waals surface area contributed by atoms with Gasteiger partial charge in [-0.2, -0.15) is 0 Å². The highest BCUT2D eigenvalue weighted by Gasteiger charge is 1.97. The molecule has 1 aromatic heterocycles. The van der Waals surface area contributed by atoms with Crippen LogP contribution in [0.1, 0.15) is 17.4 Å². The zero-order valence-electron chi connectivity index (χ0n) is 6.78. The van der Waals surface area contributed by atoms with Gasteiger partial charge in [0.15, 0.2) is 0 Å². The molecule has 12 heavy (non-hydrogen) atoms. The largest absolute Gasteiger partial charge is 0.478 e. The normalized spacial score (nSPS) is 10.8. The summed E-state index contributed by atoms with van der Waals surface area (Å²) >= 11 is 1.57. The summed E-state index contributed by atoms with van der Waals surface area (Å²) in [4.78, 5) is 11.3. The zero-order valence-corrected chi connectivity index (χ0v) is 7.60. The first-order valence-electron chi connectivity index (χ1n) is 3.71. The first-order chi connectivity index (χ1) is 5.74. The molecule has 3 heteroatoms. The minimum absolute atomic E-state index is 0.898. The van der Waals surface area contributed by atoms with Crippen LogP contribution >= 0.6 is 11.3 Å². The van der Waals surface area contributed by atoms with Gasteiger partial charge in [-0.3, -0.25) is 0 Å². The van der Waals surface area contributed by atoms with Gasteiger partial charge in [0.1, 0.15) is 0 Å². The van der Waals surface area contributed by atoms with Crippen LogP contribution in [0, 0.1) is 0 Å². The highest BCUT2D eigenvalue weighted by Crippen LogP contribution is 2.18. The third-order valence-electron chi connectivity index (χ3n) is 1.54. The molecular formula is C9H10O2S. The number of thiophene rings is 1. The van der Waals surface area contributed by atoms with Crippen molar-refractivity contribution >= 4 is 23.4 Å². The van der Waals surface area contributed by atoms with Gasteiger partial charge in [-0.05, 0) is 29.5 Å². The summed E-state index contributed by atoms with van der Waals surface area (Å²) in [5.41, 5.74) is 1.21. The molecule has 0 saturated heterocycles. The average Bonchev–Trinajstić information content (AvgIpc) is 2.47. The van der Waals surface area contributed by atoms with Crippen LogP contribution in [0.15, 0.2) is 17.5 Å². The van der Waals surface area contributed by atoms with E-state index in [1.54, 1.807) is 17.4 Å². The van der Waals surface area contributed by atoms with E-state index in [-0.39, 0.29) is 0 Å². The van der Waals surface area contributed by atoms with Gasteiger partial charge >= 0.3 is 5.97 Å². The van der Waals surface area contributed by atoms with Crippen molar-refractivity contribution in [3.05, 3.63) is 28.0 Å². The molecule has 0 saturated carbocycles. The van der Waals surface area contributed by atoms with E-state index in [1.807, 2.05) is 11.4 Å². The van der Waals surface area contributed by atoms with Gasteiger partial charge < -0.3 is 5.11 Å². The van der Waals surface area contributed by atoms with Crippen LogP contribution in [0.2, 0.25) is 0 Å². The first kappa shape index (κ1) is 9.00. The molecule has 1 N–H and O–H groups in total. The molecule has 1 rings (SSSR count). The fourth-order valence-corrected chi connectivity index (χ4v) is 1.82. The lowest BCUT2D eigenvalue weighted by molar-refractivity contribution is -0.131. The molecule has 0 aliphatic heterocycles. The third-order valence-corrected chi connectivity index (χ3v) is 2.46. The van der Waals surface area contributed by atoms with E-state index in [0.717, 1.165) is 11.3 Å². The van der Waals surface area contributed by atoms with Gasteiger partial charge in [-0.25, -0.2) is 4.79 Å². The smallest absolute Gasteiger partial charge is 0.328 e. The summed E-state index contributed by atoms with van der Waals surface area (Å²) in [6.45, 7) is 2.06. The van der Waals surface area contributed by atoms with Gasteiger partial charge in [0, 0.05) is 11.0 Å². The Kier molecular flexibility index (Phi) is 3.05. The second-order valence-corrected chi connectivity index (χ2v) is 3.28. The number of carbonyl (C=O) groups is 1. The van der Waals surface area contributed by atoms with Crippen molar-refractivity contribution in [1.29, 1.82) is 0 Å². The van der Waals surface area contributed by atoms with Crippen LogP contribution in [0.3, 0.4) is 0 Å². The van der Waals surface area contributed by atoms with Crippen molar-refractivity contribution in [2.75, 3.05) is 0 Å². The molecule has 0 amide bonds. The van der Waals surface area contributed by atoms with Gasteiger partial charge in [0.25, 0.3) is 0 Å². The molecule has 0 fully saturated rings. The second-order valence-electron chi connectivity index (χ2n) is 2.34. The monoisotopic (exact) mass is 182 g/mol. The predicted molar refractivity (Wildman–Crippen MR) is 50.4 cm³/mol. The Morgan fingerprint density at radius 3 is 3.08 bits per heavy atom. The van der Waals surface area contributed by atoms with Crippen LogP contribution in [0.25, 0.3) is 6.08 Å². The van der Waals surface area contributed by atoms with Crippen molar-refractivity contribution in [3.63, 3.8) is 0 Å². The Bertz CT molecular complexity index is 299. The minimum Gasteiger partial charge on any atom is -0.478 e. The van der Waals surface area contributed by atoms with Crippen LogP contribution in [-0.4, -0.2) is 11.1 Å². The molecule has 64 valence electrons. The minimum atomic E-state index is -0.898. The summed E-state index contributed by atoms with van der Waals surface area (Å²) in [5.74, 6) is -0.898. The lowest BCUT2D eigenvalue weighted by Gasteiger charge is -1.91. The maximum Gasteiger partial charge on any atom is 0.328 e. The first-order valence-corrected chi connectivity index (χ1v) is 4.59. The number of carboxylic acids is 1. The van der Waals surface area contributed by atoms with Crippen molar-refractivity contribution in [3.8, 4) is 0 Å². The van der Waals surface area contributed by atoms with Gasteiger partial charge in [-0.1, -0.05) is 6.92 Å². The standard InChI is InChI=1S/C9H10O2S/c1-2-7-5-6-12-8(7)3-4-9(10)11/h3-6H,2H2,1H3,(H,10,11)/b4-3+. The summed E-state index contributed by atoms with van der Waals surface area (Å²) in [7, 11) is 0. The van der Waals surface area contributed by atoms with E-state index in [0.29, 0.717) is 0 Å². The molecule has 0 atom stereocenters. The molecule has 0 aliphatic carbocycles. The third kappa shape index (κ3) is 2.20. The summed E-state index contributed by atoms with van der Waals surface area (Å²) in [6, 6.07) is 2.02. The molecule has 0 spiro atoms. The zero-order chi connectivity index (χ0) is 8.97. The summed E-state index contributed by atoms with van der Waals surface area (Å²) in [5, 5.41) is 10.4. The molecule has 0 radical (unpaired) electrons. The fraction of sp³-hybridized carbons (Fsp3) is 0.222. The van der Waals surface area contributed by atoms with E-state index < -0.39 is 5.97 Å². The predicted octanol–water partition coefficient (Wildman–Crippen LogP) is 2.41. The quantitative estimate of drug-likeness (QED) is 0.729. The van der Waals surface area contributed by atoms with E-state index >= 15 is 0 Å². The van der Waals surface area contributed by atoms with Crippen LogP contribution in [-0.2, 0) is 11.2 Å². The van der Waals surface area contributed by atoms with E-state index in [4.69, 9.17) is 5.11 Å². The Labute approximate surface area is 75.2 Å². The number of aliphatic carboxylic acids is 1. The summed E-state index contributed by atoms with van der Waals surface area (Å²) in [6.07, 6.45) is 3.76. The molecular weight excluding hydrogens is 172 g/mol. The molecule has 0 bridgehead atoms. The molecule has 0 aliphatic rings. The maximum atomic E-state index is 10.2. The SMILES string of the molecule is CCc1ccsc1/C=C/C(=O)O. The highest BCUT2D eigenvalue weighted by atomic mass is 32.1. The molecule has 1 heterocycles. The molecule has 0 aromatic carbocycles. The van der Waals surface area contributed by atoms with Crippen molar-refractivity contribution < 1.29 is 9.90 Å². The number of hydrogen-bond acceptors (Lipinski definition) is 2. The van der Waals surface area contributed by atoms with Gasteiger partial charge in [0.2, 0.25) is 0 Å². The van der Waals surface area contributed by atoms with Crippen LogP contribution in [0.4, 0.5) is 0 Å². The molecule has 2 nitrogen and oxygen atoms in total. The van der Waals surface area contributed by atoms with E-state index in [9.17, 15) is 4.79 Å². The van der Waals surface area contributed by atoms with Crippen LogP contribution in [0.5, 0.6) is 0 Å². The van der Waals surface area contributed by atoms with Gasteiger partial charge in [-0.15, -0.1) is 11.3 Å². The number of carboxylic acid groups (broad SMARTS) is 1. The Balaban J connectivity index is 2.81. The second kappa shape index (κ2) is 4.07.